The number of ether oxygens (including phenoxy) is 1. The molecule has 0 aliphatic heterocycles. The summed E-state index contributed by atoms with van der Waals surface area (Å²) in [4.78, 5) is 37.2. The molecule has 7 heteroatoms. The van der Waals surface area contributed by atoms with Crippen LogP contribution in [-0.2, 0) is 14.3 Å². The summed E-state index contributed by atoms with van der Waals surface area (Å²) in [5.74, 6) is -0.705. The van der Waals surface area contributed by atoms with E-state index in [0.29, 0.717) is 12.3 Å². The number of carbonyl (C=O) groups is 3. The first-order valence-corrected chi connectivity index (χ1v) is 12.6. The Kier molecular flexibility index (Phi) is 6.75. The molecule has 3 aliphatic rings. The molecule has 7 nitrogen and oxygen atoms in total. The van der Waals surface area contributed by atoms with Gasteiger partial charge < -0.3 is 20.5 Å². The number of carbonyl (C=O) groups excluding carboxylic acids is 2. The lowest BCUT2D eigenvalue weighted by Gasteiger charge is -2.34. The normalized spacial score (nSPS) is 18.5. The zero-order valence-electron chi connectivity index (χ0n) is 19.7. The quantitative estimate of drug-likeness (QED) is 0.470. The number of amides is 2. The number of alkyl carbamates (subject to hydrolysis) is 1. The number of fused-ring (bicyclic) bond motifs is 3. The summed E-state index contributed by atoms with van der Waals surface area (Å²) in [5.41, 5.74) is 4.57. The highest BCUT2D eigenvalue weighted by Crippen LogP contribution is 2.44. The molecule has 0 saturated heterocycles. The van der Waals surface area contributed by atoms with Crippen LogP contribution in [0.5, 0.6) is 0 Å². The molecule has 2 fully saturated rings. The van der Waals surface area contributed by atoms with Gasteiger partial charge in [-0.1, -0.05) is 67.8 Å². The molecular weight excluding hydrogens is 444 g/mol. The number of benzene rings is 2. The second-order valence-corrected chi connectivity index (χ2v) is 10.1. The molecule has 2 saturated carbocycles. The number of nitrogens with one attached hydrogen (secondary N) is 2. The number of aliphatic carboxylic acids is 1. The third-order valence-electron chi connectivity index (χ3n) is 7.66. The molecule has 0 spiro atoms. The van der Waals surface area contributed by atoms with Gasteiger partial charge in [-0.05, 0) is 53.4 Å². The van der Waals surface area contributed by atoms with Gasteiger partial charge in [-0.3, -0.25) is 9.59 Å². The fourth-order valence-electron chi connectivity index (χ4n) is 5.35. The van der Waals surface area contributed by atoms with Crippen molar-refractivity contribution < 1.29 is 24.2 Å². The minimum Gasteiger partial charge on any atom is -0.481 e. The fraction of sp³-hybridized carbons (Fsp3) is 0.464. The zero-order chi connectivity index (χ0) is 24.4. The van der Waals surface area contributed by atoms with Gasteiger partial charge in [0.05, 0.1) is 6.42 Å². The van der Waals surface area contributed by atoms with Crippen LogP contribution in [0.15, 0.2) is 48.5 Å². The standard InChI is InChI=1S/C28H32N2O5/c31-26(32)15-24(18-6-5-7-18)29-27(33)25(14-17-12-13-17)30-28(34)35-16-23-21-10-3-1-8-19(21)20-9-2-4-11-22(20)23/h1-4,8-11,17-18,23-25H,5-7,12-16H2,(H,29,33)(H,30,34)(H,31,32). The largest absolute Gasteiger partial charge is 0.481 e. The van der Waals surface area contributed by atoms with Gasteiger partial charge in [-0.2, -0.15) is 0 Å². The Morgan fingerprint density at radius 3 is 2.09 bits per heavy atom. The van der Waals surface area contributed by atoms with E-state index in [2.05, 4.69) is 34.9 Å². The van der Waals surface area contributed by atoms with Crippen LogP contribution in [0.25, 0.3) is 11.1 Å². The highest BCUT2D eigenvalue weighted by atomic mass is 16.5. The Morgan fingerprint density at radius 2 is 1.54 bits per heavy atom. The average Bonchev–Trinajstić information content (AvgIpc) is 3.56. The van der Waals surface area contributed by atoms with Crippen LogP contribution in [0.2, 0.25) is 0 Å². The molecule has 0 bridgehead atoms. The molecule has 0 radical (unpaired) electrons. The predicted molar refractivity (Wildman–Crippen MR) is 131 cm³/mol. The molecule has 3 aliphatic carbocycles. The lowest BCUT2D eigenvalue weighted by molar-refractivity contribution is -0.138. The second-order valence-electron chi connectivity index (χ2n) is 10.1. The lowest BCUT2D eigenvalue weighted by Crippen LogP contribution is -2.53. The van der Waals surface area contributed by atoms with Gasteiger partial charge in [0.15, 0.2) is 0 Å². The van der Waals surface area contributed by atoms with E-state index in [1.54, 1.807) is 0 Å². The van der Waals surface area contributed by atoms with E-state index in [9.17, 15) is 19.5 Å². The van der Waals surface area contributed by atoms with E-state index in [-0.39, 0.29) is 30.8 Å². The van der Waals surface area contributed by atoms with Gasteiger partial charge in [-0.15, -0.1) is 0 Å². The summed E-state index contributed by atoms with van der Waals surface area (Å²) in [6, 6.07) is 15.2. The molecule has 2 aromatic rings. The van der Waals surface area contributed by atoms with Crippen molar-refractivity contribution in [3.05, 3.63) is 59.7 Å². The Labute approximate surface area is 205 Å². The van der Waals surface area contributed by atoms with Crippen LogP contribution < -0.4 is 10.6 Å². The molecule has 5 rings (SSSR count). The van der Waals surface area contributed by atoms with Crippen LogP contribution in [0.1, 0.15) is 62.0 Å². The molecule has 2 aromatic carbocycles. The summed E-state index contributed by atoms with van der Waals surface area (Å²) in [5, 5.41) is 15.0. The second kappa shape index (κ2) is 10.1. The Morgan fingerprint density at radius 1 is 0.914 bits per heavy atom. The molecule has 35 heavy (non-hydrogen) atoms. The van der Waals surface area contributed by atoms with Crippen LogP contribution in [-0.4, -0.2) is 41.8 Å². The summed E-state index contributed by atoms with van der Waals surface area (Å²) < 4.78 is 5.65. The maximum Gasteiger partial charge on any atom is 0.407 e. The molecule has 2 atom stereocenters. The highest BCUT2D eigenvalue weighted by molar-refractivity contribution is 5.86. The Hall–Kier alpha value is -3.35. The maximum absolute atomic E-state index is 13.1. The van der Waals surface area contributed by atoms with Crippen molar-refractivity contribution in [1.82, 2.24) is 10.6 Å². The van der Waals surface area contributed by atoms with E-state index >= 15 is 0 Å². The van der Waals surface area contributed by atoms with Gasteiger partial charge in [-0.25, -0.2) is 4.79 Å². The first-order chi connectivity index (χ1) is 17.0. The fourth-order valence-corrected chi connectivity index (χ4v) is 5.35. The smallest absolute Gasteiger partial charge is 0.407 e. The summed E-state index contributed by atoms with van der Waals surface area (Å²) >= 11 is 0. The summed E-state index contributed by atoms with van der Waals surface area (Å²) in [6.07, 6.45) is 4.80. The van der Waals surface area contributed by atoms with Crippen LogP contribution in [0.3, 0.4) is 0 Å². The number of hydrogen-bond acceptors (Lipinski definition) is 4. The van der Waals surface area contributed by atoms with Gasteiger partial charge in [0, 0.05) is 12.0 Å². The van der Waals surface area contributed by atoms with Gasteiger partial charge in [0.25, 0.3) is 0 Å². The molecule has 0 aromatic heterocycles. The van der Waals surface area contributed by atoms with Crippen molar-refractivity contribution >= 4 is 18.0 Å². The van der Waals surface area contributed by atoms with Crippen molar-refractivity contribution in [2.75, 3.05) is 6.61 Å². The lowest BCUT2D eigenvalue weighted by atomic mass is 9.78. The third kappa shape index (κ3) is 5.34. The molecular formula is C28H32N2O5. The zero-order valence-corrected chi connectivity index (χ0v) is 19.7. The van der Waals surface area contributed by atoms with E-state index in [1.165, 1.54) is 0 Å². The van der Waals surface area contributed by atoms with E-state index in [4.69, 9.17) is 4.74 Å². The van der Waals surface area contributed by atoms with Crippen molar-refractivity contribution in [2.24, 2.45) is 11.8 Å². The van der Waals surface area contributed by atoms with Crippen molar-refractivity contribution in [3.8, 4) is 11.1 Å². The topological polar surface area (TPSA) is 105 Å². The summed E-state index contributed by atoms with van der Waals surface area (Å²) in [6.45, 7) is 0.182. The molecule has 3 N–H and O–H groups in total. The monoisotopic (exact) mass is 476 g/mol. The summed E-state index contributed by atoms with van der Waals surface area (Å²) in [7, 11) is 0. The Balaban J connectivity index is 1.22. The Bertz CT molecular complexity index is 1060. The van der Waals surface area contributed by atoms with Crippen LogP contribution in [0, 0.1) is 11.8 Å². The first kappa shape index (κ1) is 23.4. The van der Waals surface area contributed by atoms with Gasteiger partial charge >= 0.3 is 12.1 Å². The molecule has 184 valence electrons. The van der Waals surface area contributed by atoms with E-state index < -0.39 is 24.1 Å². The minimum atomic E-state index is -0.926. The van der Waals surface area contributed by atoms with Crippen LogP contribution >= 0.6 is 0 Å². The molecule has 2 unspecified atom stereocenters. The minimum absolute atomic E-state index is 0.0533. The number of carboxylic acids is 1. The molecule has 0 heterocycles. The first-order valence-electron chi connectivity index (χ1n) is 12.6. The average molecular weight is 477 g/mol. The SMILES string of the molecule is O=C(O)CC(NC(=O)C(CC1CC1)NC(=O)OCC1c2ccccc2-c2ccccc21)C1CCC1. The van der Waals surface area contributed by atoms with Crippen LogP contribution in [0.4, 0.5) is 4.79 Å². The number of hydrogen-bond donors (Lipinski definition) is 3. The van der Waals surface area contributed by atoms with Gasteiger partial charge in [0.1, 0.15) is 12.6 Å². The van der Waals surface area contributed by atoms with E-state index in [0.717, 1.165) is 54.4 Å². The van der Waals surface area contributed by atoms with Crippen molar-refractivity contribution in [3.63, 3.8) is 0 Å². The van der Waals surface area contributed by atoms with Gasteiger partial charge in [0.2, 0.25) is 5.91 Å². The highest BCUT2D eigenvalue weighted by Gasteiger charge is 2.35. The number of rotatable bonds is 10. The van der Waals surface area contributed by atoms with Crippen molar-refractivity contribution in [2.45, 2.75) is 62.9 Å². The molecule has 2 amide bonds. The van der Waals surface area contributed by atoms with Crippen molar-refractivity contribution in [1.29, 1.82) is 0 Å². The van der Waals surface area contributed by atoms with E-state index in [1.807, 2.05) is 24.3 Å². The number of carboxylic acid groups (broad SMARTS) is 1. The third-order valence-corrected chi connectivity index (χ3v) is 7.66. The maximum atomic E-state index is 13.1. The predicted octanol–water partition coefficient (Wildman–Crippen LogP) is 4.45.